The summed E-state index contributed by atoms with van der Waals surface area (Å²) in [6.07, 6.45) is 2.74. The van der Waals surface area contributed by atoms with Crippen molar-refractivity contribution in [3.63, 3.8) is 0 Å². The van der Waals surface area contributed by atoms with Crippen LogP contribution in [0.5, 0.6) is 0 Å². The van der Waals surface area contributed by atoms with Gasteiger partial charge in [0.25, 0.3) is 0 Å². The molecule has 0 saturated carbocycles. The first-order valence-corrected chi connectivity index (χ1v) is 3.99. The summed E-state index contributed by atoms with van der Waals surface area (Å²) >= 11 is 0. The smallest absolute Gasteiger partial charge is 0.140 e. The van der Waals surface area contributed by atoms with Gasteiger partial charge in [0.2, 0.25) is 0 Å². The van der Waals surface area contributed by atoms with Gasteiger partial charge in [0, 0.05) is 12.0 Å². The highest BCUT2D eigenvalue weighted by atomic mass is 16.5. The minimum atomic E-state index is 0.158. The van der Waals surface area contributed by atoms with Crippen LogP contribution in [0, 0.1) is 0 Å². The average Bonchev–Trinajstić information content (AvgIpc) is 2.31. The predicted molar refractivity (Wildman–Crippen MR) is 44.6 cm³/mol. The van der Waals surface area contributed by atoms with Crippen LogP contribution in [-0.4, -0.2) is 5.16 Å². The normalized spacial score (nSPS) is 12.0. The molecule has 0 aliphatic heterocycles. The van der Waals surface area contributed by atoms with Crippen molar-refractivity contribution >= 4 is 0 Å². The van der Waals surface area contributed by atoms with Gasteiger partial charge < -0.3 is 4.52 Å². The Hall–Kier alpha value is -0.790. The Kier molecular flexibility index (Phi) is 2.03. The van der Waals surface area contributed by atoms with E-state index in [1.54, 1.807) is 0 Å². The van der Waals surface area contributed by atoms with Crippen LogP contribution in [-0.2, 0) is 11.8 Å². The van der Waals surface area contributed by atoms with Crippen molar-refractivity contribution in [2.45, 2.75) is 39.5 Å². The molecule has 0 atom stereocenters. The van der Waals surface area contributed by atoms with Crippen LogP contribution in [0.3, 0.4) is 0 Å². The minimum Gasteiger partial charge on any atom is -0.361 e. The molecule has 1 heterocycles. The second-order valence-corrected chi connectivity index (χ2v) is 3.77. The summed E-state index contributed by atoms with van der Waals surface area (Å²) in [5.74, 6) is 1.01. The van der Waals surface area contributed by atoms with Crippen LogP contribution in [0.2, 0.25) is 0 Å². The highest BCUT2D eigenvalue weighted by Gasteiger charge is 2.20. The second kappa shape index (κ2) is 2.68. The summed E-state index contributed by atoms with van der Waals surface area (Å²) < 4.78 is 5.09. The number of aryl methyl sites for hydroxylation is 1. The fraction of sp³-hybridized carbons (Fsp3) is 0.667. The van der Waals surface area contributed by atoms with Crippen LogP contribution >= 0.6 is 0 Å². The molecular formula is C9H15NO. The molecule has 11 heavy (non-hydrogen) atoms. The van der Waals surface area contributed by atoms with Crippen molar-refractivity contribution in [1.29, 1.82) is 0 Å². The number of hydrogen-bond donors (Lipinski definition) is 0. The monoisotopic (exact) mass is 153 g/mol. The van der Waals surface area contributed by atoms with Crippen LogP contribution in [0.1, 0.15) is 39.0 Å². The molecule has 0 aromatic carbocycles. The van der Waals surface area contributed by atoms with E-state index >= 15 is 0 Å². The lowest BCUT2D eigenvalue weighted by Crippen LogP contribution is -2.11. The highest BCUT2D eigenvalue weighted by molar-refractivity contribution is 5.22. The Balaban J connectivity index is 3.02. The van der Waals surface area contributed by atoms with E-state index in [1.165, 1.54) is 5.56 Å². The Morgan fingerprint density at radius 3 is 2.45 bits per heavy atom. The van der Waals surface area contributed by atoms with Gasteiger partial charge in [0.15, 0.2) is 0 Å². The molecule has 0 N–H and O–H groups in total. The number of rotatable bonds is 1. The summed E-state index contributed by atoms with van der Waals surface area (Å²) in [5, 5.41) is 3.78. The van der Waals surface area contributed by atoms with E-state index in [2.05, 4.69) is 32.9 Å². The molecule has 1 aromatic heterocycles. The molecule has 0 amide bonds. The third kappa shape index (κ3) is 1.62. The standard InChI is InChI=1S/C9H15NO/c1-5-8-7(6-10-11-8)9(2,3)4/h6H,5H2,1-4H3. The van der Waals surface area contributed by atoms with Crippen molar-refractivity contribution in [2.75, 3.05) is 0 Å². The van der Waals surface area contributed by atoms with Crippen LogP contribution in [0.15, 0.2) is 10.7 Å². The van der Waals surface area contributed by atoms with Gasteiger partial charge in [-0.2, -0.15) is 0 Å². The van der Waals surface area contributed by atoms with Crippen molar-refractivity contribution in [3.8, 4) is 0 Å². The van der Waals surface area contributed by atoms with Crippen LogP contribution < -0.4 is 0 Å². The average molecular weight is 153 g/mol. The van der Waals surface area contributed by atoms with Gasteiger partial charge in [-0.25, -0.2) is 0 Å². The van der Waals surface area contributed by atoms with Gasteiger partial charge in [0.05, 0.1) is 6.20 Å². The Bertz CT molecular complexity index is 232. The molecule has 62 valence electrons. The predicted octanol–water partition coefficient (Wildman–Crippen LogP) is 2.53. The molecule has 0 fully saturated rings. The van der Waals surface area contributed by atoms with Crippen molar-refractivity contribution < 1.29 is 4.52 Å². The minimum absolute atomic E-state index is 0.158. The largest absolute Gasteiger partial charge is 0.361 e. The van der Waals surface area contributed by atoms with E-state index in [0.717, 1.165) is 12.2 Å². The molecule has 2 heteroatoms. The Labute approximate surface area is 67.6 Å². The molecule has 0 saturated heterocycles. The maximum Gasteiger partial charge on any atom is 0.140 e. The number of aromatic nitrogens is 1. The quantitative estimate of drug-likeness (QED) is 0.619. The first-order valence-electron chi connectivity index (χ1n) is 3.99. The molecule has 1 aromatic rings. The second-order valence-electron chi connectivity index (χ2n) is 3.77. The third-order valence-corrected chi connectivity index (χ3v) is 1.77. The molecule has 0 bridgehead atoms. The van der Waals surface area contributed by atoms with E-state index < -0.39 is 0 Å². The summed E-state index contributed by atoms with van der Waals surface area (Å²) in [7, 11) is 0. The molecule has 0 aliphatic carbocycles. The van der Waals surface area contributed by atoms with E-state index in [0.29, 0.717) is 0 Å². The molecule has 0 spiro atoms. The van der Waals surface area contributed by atoms with Gasteiger partial charge in [-0.1, -0.05) is 32.9 Å². The zero-order valence-corrected chi connectivity index (χ0v) is 7.64. The van der Waals surface area contributed by atoms with E-state index in [9.17, 15) is 0 Å². The Morgan fingerprint density at radius 2 is 2.09 bits per heavy atom. The van der Waals surface area contributed by atoms with Gasteiger partial charge in [-0.3, -0.25) is 0 Å². The zero-order valence-electron chi connectivity index (χ0n) is 7.64. The number of hydrogen-bond acceptors (Lipinski definition) is 2. The maximum absolute atomic E-state index is 5.09. The zero-order chi connectivity index (χ0) is 8.48. The Morgan fingerprint density at radius 1 is 1.45 bits per heavy atom. The van der Waals surface area contributed by atoms with Gasteiger partial charge >= 0.3 is 0 Å². The molecule has 0 radical (unpaired) electrons. The first kappa shape index (κ1) is 8.31. The van der Waals surface area contributed by atoms with Crippen molar-refractivity contribution in [3.05, 3.63) is 17.5 Å². The third-order valence-electron chi connectivity index (χ3n) is 1.77. The maximum atomic E-state index is 5.09. The fourth-order valence-corrected chi connectivity index (χ4v) is 1.13. The van der Waals surface area contributed by atoms with E-state index in [1.807, 2.05) is 6.20 Å². The van der Waals surface area contributed by atoms with E-state index in [-0.39, 0.29) is 5.41 Å². The fourth-order valence-electron chi connectivity index (χ4n) is 1.13. The first-order chi connectivity index (χ1) is 5.05. The van der Waals surface area contributed by atoms with E-state index in [4.69, 9.17) is 4.52 Å². The lowest BCUT2D eigenvalue weighted by Gasteiger charge is -2.16. The highest BCUT2D eigenvalue weighted by Crippen LogP contribution is 2.25. The van der Waals surface area contributed by atoms with Crippen molar-refractivity contribution in [2.24, 2.45) is 0 Å². The summed E-state index contributed by atoms with van der Waals surface area (Å²) in [4.78, 5) is 0. The SMILES string of the molecule is CCc1oncc1C(C)(C)C. The molecule has 2 nitrogen and oxygen atoms in total. The van der Waals surface area contributed by atoms with Gasteiger partial charge in [0.1, 0.15) is 5.76 Å². The van der Waals surface area contributed by atoms with Crippen LogP contribution in [0.4, 0.5) is 0 Å². The summed E-state index contributed by atoms with van der Waals surface area (Å²) in [6, 6.07) is 0. The van der Waals surface area contributed by atoms with Crippen molar-refractivity contribution in [1.82, 2.24) is 5.16 Å². The van der Waals surface area contributed by atoms with Crippen LogP contribution in [0.25, 0.3) is 0 Å². The molecule has 1 rings (SSSR count). The molecular weight excluding hydrogens is 138 g/mol. The number of nitrogens with zero attached hydrogens (tertiary/aromatic N) is 1. The van der Waals surface area contributed by atoms with Gasteiger partial charge in [-0.05, 0) is 5.41 Å². The summed E-state index contributed by atoms with van der Waals surface area (Å²) in [6.45, 7) is 8.58. The lowest BCUT2D eigenvalue weighted by atomic mass is 9.87. The molecule has 0 aliphatic rings. The topological polar surface area (TPSA) is 26.0 Å². The molecule has 0 unspecified atom stereocenters. The van der Waals surface area contributed by atoms with Gasteiger partial charge in [-0.15, -0.1) is 0 Å². The lowest BCUT2D eigenvalue weighted by molar-refractivity contribution is 0.381. The summed E-state index contributed by atoms with van der Waals surface area (Å²) in [5.41, 5.74) is 1.38.